The first-order chi connectivity index (χ1) is 9.19. The minimum atomic E-state index is -4.51. The second kappa shape index (κ2) is 6.60. The van der Waals surface area contributed by atoms with Gasteiger partial charge in [-0.05, 0) is 0 Å². The number of amides is 1. The van der Waals surface area contributed by atoms with Crippen LogP contribution in [0, 0.1) is 17.5 Å². The fourth-order valence-corrected chi connectivity index (χ4v) is 1.18. The summed E-state index contributed by atoms with van der Waals surface area (Å²) in [5.74, 6) is -4.88. The van der Waals surface area contributed by atoms with Gasteiger partial charge >= 0.3 is 6.18 Å². The van der Waals surface area contributed by atoms with Crippen LogP contribution in [0.15, 0.2) is 12.1 Å². The highest BCUT2D eigenvalue weighted by molar-refractivity contribution is 5.90. The van der Waals surface area contributed by atoms with Crippen molar-refractivity contribution in [3.63, 3.8) is 0 Å². The summed E-state index contributed by atoms with van der Waals surface area (Å²) < 4.78 is 77.8. The van der Waals surface area contributed by atoms with E-state index in [9.17, 15) is 31.1 Å². The number of ether oxygens (including phenoxy) is 1. The van der Waals surface area contributed by atoms with E-state index in [2.05, 4.69) is 4.74 Å². The Kier molecular flexibility index (Phi) is 5.37. The molecule has 0 aliphatic heterocycles. The average Bonchev–Trinajstić information content (AvgIpc) is 2.30. The van der Waals surface area contributed by atoms with Crippen molar-refractivity contribution < 1.29 is 35.9 Å². The highest BCUT2D eigenvalue weighted by Gasteiger charge is 2.27. The Hall–Kier alpha value is -1.77. The topological polar surface area (TPSA) is 38.3 Å². The third-order valence-electron chi connectivity index (χ3n) is 2.02. The lowest BCUT2D eigenvalue weighted by Gasteiger charge is -2.09. The summed E-state index contributed by atoms with van der Waals surface area (Å²) in [5.41, 5.74) is -0.607. The van der Waals surface area contributed by atoms with E-state index >= 15 is 0 Å². The average molecular weight is 301 g/mol. The van der Waals surface area contributed by atoms with Crippen LogP contribution in [-0.2, 0) is 9.53 Å². The van der Waals surface area contributed by atoms with E-state index < -0.39 is 54.9 Å². The summed E-state index contributed by atoms with van der Waals surface area (Å²) in [6, 6.07) is 0.671. The quantitative estimate of drug-likeness (QED) is 0.516. The normalized spacial score (nSPS) is 11.5. The van der Waals surface area contributed by atoms with Gasteiger partial charge in [-0.3, -0.25) is 4.79 Å². The summed E-state index contributed by atoms with van der Waals surface area (Å²) in [5, 5.41) is 1.89. The molecule has 1 N–H and O–H groups in total. The Morgan fingerprint density at radius 1 is 1.10 bits per heavy atom. The van der Waals surface area contributed by atoms with Crippen LogP contribution < -0.4 is 5.32 Å². The van der Waals surface area contributed by atoms with Gasteiger partial charge in [0.2, 0.25) is 5.91 Å². The SMILES string of the molecule is O=C(CCOCC(F)(F)F)Nc1cc(F)c(F)cc1F. The second-order valence-corrected chi connectivity index (χ2v) is 3.71. The van der Waals surface area contributed by atoms with Crippen LogP contribution in [0.5, 0.6) is 0 Å². The maximum absolute atomic E-state index is 13.1. The lowest BCUT2D eigenvalue weighted by atomic mass is 10.2. The number of carbonyl (C=O) groups is 1. The van der Waals surface area contributed by atoms with Gasteiger partial charge in [-0.15, -0.1) is 0 Å². The van der Waals surface area contributed by atoms with E-state index in [1.54, 1.807) is 0 Å². The Labute approximate surface area is 109 Å². The summed E-state index contributed by atoms with van der Waals surface area (Å²) in [6.07, 6.45) is -5.00. The first-order valence-corrected chi connectivity index (χ1v) is 5.28. The van der Waals surface area contributed by atoms with Crippen molar-refractivity contribution in [2.24, 2.45) is 0 Å². The Morgan fingerprint density at radius 2 is 1.70 bits per heavy atom. The molecule has 0 aliphatic rings. The third kappa shape index (κ3) is 5.47. The molecule has 1 aromatic rings. The van der Waals surface area contributed by atoms with Gasteiger partial charge in [0, 0.05) is 12.1 Å². The van der Waals surface area contributed by atoms with Crippen LogP contribution in [0.2, 0.25) is 0 Å². The minimum Gasteiger partial charge on any atom is -0.372 e. The standard InChI is InChI=1S/C11H9F6NO2/c12-6-3-8(14)9(4-7(6)13)18-10(19)1-2-20-5-11(15,16)17/h3-4H,1-2,5H2,(H,18,19). The molecule has 1 amide bonds. The van der Waals surface area contributed by atoms with E-state index in [1.807, 2.05) is 5.32 Å². The van der Waals surface area contributed by atoms with E-state index in [0.29, 0.717) is 6.07 Å². The molecule has 0 saturated heterocycles. The highest BCUT2D eigenvalue weighted by atomic mass is 19.4. The van der Waals surface area contributed by atoms with Crippen LogP contribution in [0.3, 0.4) is 0 Å². The fraction of sp³-hybridized carbons (Fsp3) is 0.364. The van der Waals surface area contributed by atoms with Crippen molar-refractivity contribution in [3.05, 3.63) is 29.6 Å². The lowest BCUT2D eigenvalue weighted by Crippen LogP contribution is -2.20. The molecule has 112 valence electrons. The molecule has 0 heterocycles. The molecule has 20 heavy (non-hydrogen) atoms. The van der Waals surface area contributed by atoms with Gasteiger partial charge in [-0.25, -0.2) is 13.2 Å². The molecular weight excluding hydrogens is 292 g/mol. The molecule has 1 aromatic carbocycles. The van der Waals surface area contributed by atoms with E-state index in [-0.39, 0.29) is 6.07 Å². The third-order valence-corrected chi connectivity index (χ3v) is 2.02. The van der Waals surface area contributed by atoms with Gasteiger partial charge in [0.15, 0.2) is 11.6 Å². The number of alkyl halides is 3. The van der Waals surface area contributed by atoms with Gasteiger partial charge in [0.25, 0.3) is 0 Å². The molecular formula is C11H9F6NO2. The maximum Gasteiger partial charge on any atom is 0.411 e. The molecule has 0 bridgehead atoms. The number of benzene rings is 1. The largest absolute Gasteiger partial charge is 0.411 e. The summed E-state index contributed by atoms with van der Waals surface area (Å²) in [7, 11) is 0. The molecule has 1 rings (SSSR count). The maximum atomic E-state index is 13.1. The number of carbonyl (C=O) groups excluding carboxylic acids is 1. The second-order valence-electron chi connectivity index (χ2n) is 3.71. The molecule has 0 radical (unpaired) electrons. The van der Waals surface area contributed by atoms with Crippen molar-refractivity contribution >= 4 is 11.6 Å². The Bertz CT molecular complexity index is 489. The summed E-state index contributed by atoms with van der Waals surface area (Å²) in [4.78, 5) is 11.2. The van der Waals surface area contributed by atoms with E-state index in [0.717, 1.165) is 0 Å². The number of nitrogens with one attached hydrogen (secondary N) is 1. The number of rotatable bonds is 5. The van der Waals surface area contributed by atoms with E-state index in [1.165, 1.54) is 0 Å². The molecule has 0 fully saturated rings. The molecule has 0 spiro atoms. The van der Waals surface area contributed by atoms with Crippen LogP contribution in [0.4, 0.5) is 32.0 Å². The van der Waals surface area contributed by atoms with Crippen molar-refractivity contribution in [2.75, 3.05) is 18.5 Å². The summed E-state index contributed by atoms with van der Waals surface area (Å²) >= 11 is 0. The summed E-state index contributed by atoms with van der Waals surface area (Å²) in [6.45, 7) is -2.06. The smallest absolute Gasteiger partial charge is 0.372 e. The van der Waals surface area contributed by atoms with Crippen molar-refractivity contribution in [2.45, 2.75) is 12.6 Å². The Morgan fingerprint density at radius 3 is 2.30 bits per heavy atom. The van der Waals surface area contributed by atoms with Crippen LogP contribution in [0.25, 0.3) is 0 Å². The fourth-order valence-electron chi connectivity index (χ4n) is 1.18. The zero-order valence-corrected chi connectivity index (χ0v) is 9.86. The molecule has 0 aliphatic carbocycles. The van der Waals surface area contributed by atoms with Gasteiger partial charge in [0.1, 0.15) is 12.4 Å². The van der Waals surface area contributed by atoms with Crippen LogP contribution in [0.1, 0.15) is 6.42 Å². The predicted molar refractivity (Wildman–Crippen MR) is 56.4 cm³/mol. The molecule has 0 saturated carbocycles. The van der Waals surface area contributed by atoms with Crippen molar-refractivity contribution in [1.82, 2.24) is 0 Å². The van der Waals surface area contributed by atoms with Crippen molar-refractivity contribution in [1.29, 1.82) is 0 Å². The van der Waals surface area contributed by atoms with Gasteiger partial charge in [-0.1, -0.05) is 0 Å². The number of halogens is 6. The molecule has 0 aromatic heterocycles. The molecule has 0 atom stereocenters. The minimum absolute atomic E-state index is 0.241. The first-order valence-electron chi connectivity index (χ1n) is 5.28. The van der Waals surface area contributed by atoms with Crippen molar-refractivity contribution in [3.8, 4) is 0 Å². The Balaban J connectivity index is 2.45. The number of anilines is 1. The van der Waals surface area contributed by atoms with Gasteiger partial charge < -0.3 is 10.1 Å². The monoisotopic (exact) mass is 301 g/mol. The first kappa shape index (κ1) is 16.3. The lowest BCUT2D eigenvalue weighted by molar-refractivity contribution is -0.174. The number of hydrogen-bond donors (Lipinski definition) is 1. The molecule has 3 nitrogen and oxygen atoms in total. The van der Waals surface area contributed by atoms with Gasteiger partial charge in [0.05, 0.1) is 18.7 Å². The predicted octanol–water partition coefficient (Wildman–Crippen LogP) is 3.01. The highest BCUT2D eigenvalue weighted by Crippen LogP contribution is 2.18. The molecule has 9 heteroatoms. The number of hydrogen-bond acceptors (Lipinski definition) is 2. The van der Waals surface area contributed by atoms with Crippen LogP contribution in [-0.4, -0.2) is 25.3 Å². The van der Waals surface area contributed by atoms with Gasteiger partial charge in [-0.2, -0.15) is 13.2 Å². The van der Waals surface area contributed by atoms with E-state index in [4.69, 9.17) is 0 Å². The zero-order chi connectivity index (χ0) is 15.3. The van der Waals surface area contributed by atoms with Crippen LogP contribution >= 0.6 is 0 Å². The molecule has 0 unspecified atom stereocenters. The zero-order valence-electron chi connectivity index (χ0n) is 9.86.